The maximum absolute atomic E-state index is 11.4. The summed E-state index contributed by atoms with van der Waals surface area (Å²) in [7, 11) is 5.60. The zero-order valence-electron chi connectivity index (χ0n) is 17.3. The molecule has 2 atom stereocenters. The number of likely N-dealkylation sites (N-methyl/N-ethyl adjacent to an activating group) is 1. The van der Waals surface area contributed by atoms with Gasteiger partial charge in [-0.15, -0.1) is 12.4 Å². The molecule has 6 nitrogen and oxygen atoms in total. The van der Waals surface area contributed by atoms with Crippen molar-refractivity contribution in [1.29, 1.82) is 0 Å². The van der Waals surface area contributed by atoms with Crippen LogP contribution in [0.1, 0.15) is 17.2 Å². The molecule has 29 heavy (non-hydrogen) atoms. The smallest absolute Gasteiger partial charge is 0.257 e. The van der Waals surface area contributed by atoms with Crippen molar-refractivity contribution in [1.82, 2.24) is 15.5 Å². The lowest BCUT2D eigenvalue weighted by Gasteiger charge is -2.27. The van der Waals surface area contributed by atoms with Gasteiger partial charge in [-0.3, -0.25) is 4.79 Å². The van der Waals surface area contributed by atoms with Gasteiger partial charge in [0.2, 0.25) is 0 Å². The maximum atomic E-state index is 11.4. The third kappa shape index (κ3) is 8.41. The summed E-state index contributed by atoms with van der Waals surface area (Å²) in [5.74, 6) is 0.558. The lowest BCUT2D eigenvalue weighted by Crippen LogP contribution is -2.34. The molecule has 0 aliphatic rings. The van der Waals surface area contributed by atoms with Crippen LogP contribution in [0, 0.1) is 5.92 Å². The SMILES string of the molecule is CNC(=O)COc1ccccc1CNCC(CN(C)C)C(O)c1ccccc1.Cl. The highest BCUT2D eigenvalue weighted by molar-refractivity contribution is 5.85. The molecule has 160 valence electrons. The number of amides is 1. The van der Waals surface area contributed by atoms with E-state index in [4.69, 9.17) is 4.74 Å². The van der Waals surface area contributed by atoms with E-state index in [9.17, 15) is 9.90 Å². The minimum absolute atomic E-state index is 0. The molecule has 0 radical (unpaired) electrons. The first-order valence-corrected chi connectivity index (χ1v) is 9.51. The first-order valence-electron chi connectivity index (χ1n) is 9.51. The fraction of sp³-hybridized carbons (Fsp3) is 0.409. The van der Waals surface area contributed by atoms with Crippen molar-refractivity contribution in [2.24, 2.45) is 5.92 Å². The molecule has 7 heteroatoms. The average Bonchev–Trinajstić information content (AvgIpc) is 2.71. The van der Waals surface area contributed by atoms with E-state index in [1.165, 1.54) is 0 Å². The molecule has 2 aromatic rings. The summed E-state index contributed by atoms with van der Waals surface area (Å²) < 4.78 is 5.62. The number of rotatable bonds is 11. The van der Waals surface area contributed by atoms with Gasteiger partial charge in [-0.05, 0) is 25.7 Å². The number of halogens is 1. The van der Waals surface area contributed by atoms with Crippen LogP contribution < -0.4 is 15.4 Å². The molecule has 2 rings (SSSR count). The van der Waals surface area contributed by atoms with Gasteiger partial charge in [-0.25, -0.2) is 0 Å². The number of nitrogens with one attached hydrogen (secondary N) is 2. The van der Waals surface area contributed by atoms with Gasteiger partial charge in [0.1, 0.15) is 5.75 Å². The molecule has 0 fully saturated rings. The van der Waals surface area contributed by atoms with Crippen molar-refractivity contribution in [2.75, 3.05) is 40.8 Å². The normalized spacial score (nSPS) is 12.7. The lowest BCUT2D eigenvalue weighted by atomic mass is 9.95. The number of benzene rings is 2. The zero-order chi connectivity index (χ0) is 20.4. The first-order chi connectivity index (χ1) is 13.5. The van der Waals surface area contributed by atoms with Gasteiger partial charge in [0.05, 0.1) is 6.10 Å². The summed E-state index contributed by atoms with van der Waals surface area (Å²) >= 11 is 0. The van der Waals surface area contributed by atoms with E-state index in [0.29, 0.717) is 18.8 Å². The molecule has 0 bridgehead atoms. The second-order valence-electron chi connectivity index (χ2n) is 7.08. The maximum Gasteiger partial charge on any atom is 0.257 e. The Labute approximate surface area is 179 Å². The molecule has 0 aromatic heterocycles. The molecule has 3 N–H and O–H groups in total. The van der Waals surface area contributed by atoms with Gasteiger partial charge in [0.15, 0.2) is 6.61 Å². The van der Waals surface area contributed by atoms with E-state index in [-0.39, 0.29) is 30.8 Å². The van der Waals surface area contributed by atoms with Gasteiger partial charge in [-0.2, -0.15) is 0 Å². The van der Waals surface area contributed by atoms with Crippen LogP contribution in [-0.2, 0) is 11.3 Å². The minimum atomic E-state index is -0.546. The Kier molecular flexibility index (Phi) is 11.3. The van der Waals surface area contributed by atoms with E-state index in [1.54, 1.807) is 7.05 Å². The van der Waals surface area contributed by atoms with Gasteiger partial charge in [0, 0.05) is 38.2 Å². The fourth-order valence-electron chi connectivity index (χ4n) is 3.07. The Morgan fingerprint density at radius 3 is 2.41 bits per heavy atom. The summed E-state index contributed by atoms with van der Waals surface area (Å²) in [4.78, 5) is 13.5. The number of nitrogens with zero attached hydrogens (tertiary/aromatic N) is 1. The number of hydrogen-bond acceptors (Lipinski definition) is 5. The van der Waals surface area contributed by atoms with Crippen LogP contribution in [0.3, 0.4) is 0 Å². The number of carbonyl (C=O) groups excluding carboxylic acids is 1. The second-order valence-corrected chi connectivity index (χ2v) is 7.08. The summed E-state index contributed by atoms with van der Waals surface area (Å²) in [6.45, 7) is 1.99. The van der Waals surface area contributed by atoms with E-state index in [1.807, 2.05) is 68.7 Å². The third-order valence-corrected chi connectivity index (χ3v) is 4.52. The second kappa shape index (κ2) is 13.2. The van der Waals surface area contributed by atoms with Crippen LogP contribution in [0.15, 0.2) is 54.6 Å². The number of ether oxygens (including phenoxy) is 1. The molecule has 0 aliphatic heterocycles. The van der Waals surface area contributed by atoms with E-state index in [0.717, 1.165) is 17.7 Å². The predicted octanol–water partition coefficient (Wildman–Crippen LogP) is 2.23. The van der Waals surface area contributed by atoms with Crippen LogP contribution in [0.25, 0.3) is 0 Å². The number of carbonyl (C=O) groups is 1. The summed E-state index contributed by atoms with van der Waals surface area (Å²) in [5, 5.41) is 16.8. The van der Waals surface area contributed by atoms with Crippen molar-refractivity contribution in [2.45, 2.75) is 12.6 Å². The summed E-state index contributed by atoms with van der Waals surface area (Å²) in [6.07, 6.45) is -0.546. The number of aliphatic hydroxyl groups is 1. The minimum Gasteiger partial charge on any atom is -0.483 e. The molecule has 2 unspecified atom stereocenters. The van der Waals surface area contributed by atoms with Crippen molar-refractivity contribution in [3.8, 4) is 5.75 Å². The number of aliphatic hydroxyl groups excluding tert-OH is 1. The molecule has 0 saturated carbocycles. The van der Waals surface area contributed by atoms with Crippen molar-refractivity contribution >= 4 is 18.3 Å². The Morgan fingerprint density at radius 1 is 1.10 bits per heavy atom. The topological polar surface area (TPSA) is 73.8 Å². The quantitative estimate of drug-likeness (QED) is 0.519. The van der Waals surface area contributed by atoms with E-state index >= 15 is 0 Å². The lowest BCUT2D eigenvalue weighted by molar-refractivity contribution is -0.122. The van der Waals surface area contributed by atoms with Crippen molar-refractivity contribution in [3.63, 3.8) is 0 Å². The molecular weight excluding hydrogens is 390 g/mol. The van der Waals surface area contributed by atoms with Crippen LogP contribution >= 0.6 is 12.4 Å². The van der Waals surface area contributed by atoms with Crippen molar-refractivity contribution < 1.29 is 14.6 Å². The highest BCUT2D eigenvalue weighted by Gasteiger charge is 2.21. The van der Waals surface area contributed by atoms with Crippen LogP contribution in [0.4, 0.5) is 0 Å². The van der Waals surface area contributed by atoms with Gasteiger partial charge < -0.3 is 25.4 Å². The predicted molar refractivity (Wildman–Crippen MR) is 118 cm³/mol. The monoisotopic (exact) mass is 421 g/mol. The Morgan fingerprint density at radius 2 is 1.76 bits per heavy atom. The summed E-state index contributed by atoms with van der Waals surface area (Å²) in [6, 6.07) is 17.4. The van der Waals surface area contributed by atoms with Crippen LogP contribution in [-0.4, -0.2) is 56.8 Å². The Hall–Kier alpha value is -2.12. The molecule has 0 spiro atoms. The molecule has 0 heterocycles. The first kappa shape index (κ1) is 24.9. The molecule has 0 saturated heterocycles. The Balaban J connectivity index is 0.00000420. The molecule has 1 amide bonds. The average molecular weight is 422 g/mol. The third-order valence-electron chi connectivity index (χ3n) is 4.52. The molecule has 0 aliphatic carbocycles. The summed E-state index contributed by atoms with van der Waals surface area (Å²) in [5.41, 5.74) is 1.90. The van der Waals surface area contributed by atoms with Crippen LogP contribution in [0.2, 0.25) is 0 Å². The molecular formula is C22H32ClN3O3. The van der Waals surface area contributed by atoms with Crippen molar-refractivity contribution in [3.05, 3.63) is 65.7 Å². The number of para-hydroxylation sites is 1. The van der Waals surface area contributed by atoms with Gasteiger partial charge >= 0.3 is 0 Å². The number of hydrogen-bond donors (Lipinski definition) is 3. The van der Waals surface area contributed by atoms with Crippen LogP contribution in [0.5, 0.6) is 5.75 Å². The largest absolute Gasteiger partial charge is 0.483 e. The van der Waals surface area contributed by atoms with E-state index < -0.39 is 6.10 Å². The van der Waals surface area contributed by atoms with E-state index in [2.05, 4.69) is 15.5 Å². The molecule has 2 aromatic carbocycles. The van der Waals surface area contributed by atoms with Gasteiger partial charge in [0.25, 0.3) is 5.91 Å². The zero-order valence-corrected chi connectivity index (χ0v) is 18.1. The highest BCUT2D eigenvalue weighted by Crippen LogP contribution is 2.23. The standard InChI is InChI=1S/C22H31N3O3.ClH/c1-23-21(26)16-28-20-12-8-7-11-18(20)13-24-14-19(15-25(2)3)22(27)17-9-5-4-6-10-17;/h4-12,19,22,24,27H,13-16H2,1-3H3,(H,23,26);1H. The van der Waals surface area contributed by atoms with Gasteiger partial charge in [-0.1, -0.05) is 48.5 Å². The Bertz CT molecular complexity index is 728. The highest BCUT2D eigenvalue weighted by atomic mass is 35.5. The fourth-order valence-corrected chi connectivity index (χ4v) is 3.07.